The minimum Gasteiger partial charge on any atom is -0.480 e. The van der Waals surface area contributed by atoms with Crippen LogP contribution in [-0.4, -0.2) is 46.0 Å². The maximum atomic E-state index is 11.7. The van der Waals surface area contributed by atoms with Gasteiger partial charge >= 0.3 is 11.9 Å². The summed E-state index contributed by atoms with van der Waals surface area (Å²) >= 11 is 1.42. The van der Waals surface area contributed by atoms with Crippen molar-refractivity contribution in [3.8, 4) is 0 Å². The molecule has 1 heterocycles. The summed E-state index contributed by atoms with van der Waals surface area (Å²) in [5.41, 5.74) is 0.751. The molecule has 2 N–H and O–H groups in total. The molecule has 0 fully saturated rings. The first-order chi connectivity index (χ1) is 7.99. The van der Waals surface area contributed by atoms with Crippen LogP contribution in [0.25, 0.3) is 0 Å². The zero-order chi connectivity index (χ0) is 12.8. The molecule has 0 saturated heterocycles. The third-order valence-electron chi connectivity index (χ3n) is 1.94. The Hall–Kier alpha value is -1.89. The van der Waals surface area contributed by atoms with Crippen LogP contribution in [-0.2, 0) is 20.8 Å². The summed E-state index contributed by atoms with van der Waals surface area (Å²) < 4.78 is 0. The van der Waals surface area contributed by atoms with E-state index in [1.54, 1.807) is 16.8 Å². The van der Waals surface area contributed by atoms with Gasteiger partial charge in [-0.1, -0.05) is 0 Å². The van der Waals surface area contributed by atoms with Crippen molar-refractivity contribution in [2.45, 2.75) is 6.42 Å². The Labute approximate surface area is 101 Å². The molecule has 0 unspecified atom stereocenters. The van der Waals surface area contributed by atoms with Crippen LogP contribution in [0.15, 0.2) is 16.8 Å². The fraction of sp³-hybridized carbons (Fsp3) is 0.300. The highest BCUT2D eigenvalue weighted by Gasteiger charge is 2.19. The van der Waals surface area contributed by atoms with Crippen LogP contribution >= 0.6 is 11.3 Å². The molecule has 0 atom stereocenters. The van der Waals surface area contributed by atoms with Gasteiger partial charge in [0.15, 0.2) is 0 Å². The van der Waals surface area contributed by atoms with E-state index in [1.807, 2.05) is 0 Å². The fourth-order valence-corrected chi connectivity index (χ4v) is 1.91. The topological polar surface area (TPSA) is 94.9 Å². The van der Waals surface area contributed by atoms with Gasteiger partial charge < -0.3 is 15.1 Å². The third-order valence-corrected chi connectivity index (χ3v) is 2.67. The van der Waals surface area contributed by atoms with E-state index in [9.17, 15) is 14.4 Å². The number of carboxylic acid groups (broad SMARTS) is 2. The summed E-state index contributed by atoms with van der Waals surface area (Å²) in [5.74, 6) is -2.97. The molecular weight excluding hydrogens is 246 g/mol. The van der Waals surface area contributed by atoms with E-state index in [0.29, 0.717) is 0 Å². The van der Waals surface area contributed by atoms with E-state index >= 15 is 0 Å². The summed E-state index contributed by atoms with van der Waals surface area (Å²) in [4.78, 5) is 33.5. The van der Waals surface area contributed by atoms with Gasteiger partial charge in [0.05, 0.1) is 6.42 Å². The van der Waals surface area contributed by atoms with Crippen LogP contribution in [0.2, 0.25) is 0 Å². The molecule has 1 aromatic heterocycles. The number of amides is 1. The molecule has 0 aliphatic rings. The summed E-state index contributed by atoms with van der Waals surface area (Å²) in [6.45, 7) is -1.20. The quantitative estimate of drug-likeness (QED) is 0.763. The van der Waals surface area contributed by atoms with Crippen molar-refractivity contribution < 1.29 is 24.6 Å². The first-order valence-electron chi connectivity index (χ1n) is 4.71. The minimum atomic E-state index is -1.23. The number of nitrogens with zero attached hydrogens (tertiary/aromatic N) is 1. The highest BCUT2D eigenvalue weighted by molar-refractivity contribution is 7.07. The van der Waals surface area contributed by atoms with Crippen LogP contribution in [0.3, 0.4) is 0 Å². The molecule has 0 aliphatic heterocycles. The van der Waals surface area contributed by atoms with Crippen LogP contribution < -0.4 is 0 Å². The van der Waals surface area contributed by atoms with E-state index in [4.69, 9.17) is 10.2 Å². The molecule has 1 amide bonds. The standard InChI is InChI=1S/C10H11NO5S/c12-8(3-7-1-2-17-6-7)11(4-9(13)14)5-10(15)16/h1-2,6H,3-5H2,(H,13,14)(H,15,16). The van der Waals surface area contributed by atoms with Crippen molar-refractivity contribution in [2.24, 2.45) is 0 Å². The number of hydrogen-bond acceptors (Lipinski definition) is 4. The van der Waals surface area contributed by atoms with E-state index in [1.165, 1.54) is 11.3 Å². The van der Waals surface area contributed by atoms with Gasteiger partial charge in [0.1, 0.15) is 13.1 Å². The lowest BCUT2D eigenvalue weighted by atomic mass is 10.2. The first-order valence-corrected chi connectivity index (χ1v) is 5.65. The Morgan fingerprint density at radius 3 is 2.18 bits per heavy atom. The number of rotatable bonds is 6. The second kappa shape index (κ2) is 6.00. The fourth-order valence-electron chi connectivity index (χ4n) is 1.24. The molecule has 92 valence electrons. The lowest BCUT2D eigenvalue weighted by molar-refractivity contribution is -0.149. The van der Waals surface area contributed by atoms with Crippen molar-refractivity contribution in [3.63, 3.8) is 0 Å². The average molecular weight is 257 g/mol. The van der Waals surface area contributed by atoms with Gasteiger partial charge in [-0.05, 0) is 22.4 Å². The lowest BCUT2D eigenvalue weighted by Gasteiger charge is -2.17. The van der Waals surface area contributed by atoms with Crippen molar-refractivity contribution in [3.05, 3.63) is 22.4 Å². The molecule has 0 spiro atoms. The molecular formula is C10H11NO5S. The van der Waals surface area contributed by atoms with Gasteiger partial charge in [0.2, 0.25) is 5.91 Å². The average Bonchev–Trinajstić information content (AvgIpc) is 2.67. The molecule has 0 radical (unpaired) electrons. The van der Waals surface area contributed by atoms with Gasteiger partial charge in [0, 0.05) is 0 Å². The Bertz CT molecular complexity index is 398. The predicted octanol–water partition coefficient (Wildman–Crippen LogP) is 0.288. The molecule has 0 aliphatic carbocycles. The Morgan fingerprint density at radius 2 is 1.76 bits per heavy atom. The van der Waals surface area contributed by atoms with Crippen LogP contribution in [0, 0.1) is 0 Å². The van der Waals surface area contributed by atoms with E-state index in [-0.39, 0.29) is 6.42 Å². The molecule has 0 bridgehead atoms. The maximum Gasteiger partial charge on any atom is 0.323 e. The number of carbonyl (C=O) groups is 3. The first kappa shape index (κ1) is 13.2. The molecule has 0 saturated carbocycles. The number of thiophene rings is 1. The van der Waals surface area contributed by atoms with E-state index in [0.717, 1.165) is 10.5 Å². The minimum absolute atomic E-state index is 0.0179. The molecule has 0 aromatic carbocycles. The number of carboxylic acids is 2. The number of carbonyl (C=O) groups excluding carboxylic acids is 1. The van der Waals surface area contributed by atoms with Gasteiger partial charge in [-0.2, -0.15) is 11.3 Å². The highest BCUT2D eigenvalue weighted by Crippen LogP contribution is 2.08. The smallest absolute Gasteiger partial charge is 0.323 e. The maximum absolute atomic E-state index is 11.7. The van der Waals surface area contributed by atoms with E-state index in [2.05, 4.69) is 0 Å². The summed E-state index contributed by atoms with van der Waals surface area (Å²) in [5, 5.41) is 20.7. The van der Waals surface area contributed by atoms with Crippen LogP contribution in [0.5, 0.6) is 0 Å². The van der Waals surface area contributed by atoms with Gasteiger partial charge in [-0.15, -0.1) is 0 Å². The number of hydrogen-bond donors (Lipinski definition) is 2. The Kier molecular flexibility index (Phi) is 4.65. The van der Waals surface area contributed by atoms with Gasteiger partial charge in [-0.25, -0.2) is 0 Å². The zero-order valence-electron chi connectivity index (χ0n) is 8.83. The summed E-state index contributed by atoms with van der Waals surface area (Å²) in [7, 11) is 0. The van der Waals surface area contributed by atoms with Crippen LogP contribution in [0.4, 0.5) is 0 Å². The molecule has 1 aromatic rings. The summed E-state index contributed by atoms with van der Waals surface area (Å²) in [6, 6.07) is 1.74. The highest BCUT2D eigenvalue weighted by atomic mass is 32.1. The third kappa shape index (κ3) is 4.64. The molecule has 1 rings (SSSR count). The second-order valence-electron chi connectivity index (χ2n) is 3.35. The van der Waals surface area contributed by atoms with Gasteiger partial charge in [-0.3, -0.25) is 14.4 Å². The largest absolute Gasteiger partial charge is 0.480 e. The second-order valence-corrected chi connectivity index (χ2v) is 4.13. The van der Waals surface area contributed by atoms with Crippen LogP contribution in [0.1, 0.15) is 5.56 Å². The monoisotopic (exact) mass is 257 g/mol. The Morgan fingerprint density at radius 1 is 1.18 bits per heavy atom. The SMILES string of the molecule is O=C(O)CN(CC(=O)O)C(=O)Cc1ccsc1. The summed E-state index contributed by atoms with van der Waals surface area (Å²) in [6.07, 6.45) is 0.0179. The number of aliphatic carboxylic acids is 2. The zero-order valence-corrected chi connectivity index (χ0v) is 9.64. The van der Waals surface area contributed by atoms with Crippen molar-refractivity contribution >= 4 is 29.2 Å². The van der Waals surface area contributed by atoms with E-state index < -0.39 is 30.9 Å². The van der Waals surface area contributed by atoms with Crippen molar-refractivity contribution in [1.29, 1.82) is 0 Å². The van der Waals surface area contributed by atoms with Crippen molar-refractivity contribution in [2.75, 3.05) is 13.1 Å². The molecule has 17 heavy (non-hydrogen) atoms. The normalized spacial score (nSPS) is 9.88. The predicted molar refractivity (Wildman–Crippen MR) is 59.9 cm³/mol. The molecule has 7 heteroatoms. The lowest BCUT2D eigenvalue weighted by Crippen LogP contribution is -2.40. The van der Waals surface area contributed by atoms with Gasteiger partial charge in [0.25, 0.3) is 0 Å². The Balaban J connectivity index is 2.65. The van der Waals surface area contributed by atoms with Crippen molar-refractivity contribution in [1.82, 2.24) is 4.90 Å². The molecule has 6 nitrogen and oxygen atoms in total.